The van der Waals surface area contributed by atoms with Crippen molar-refractivity contribution < 1.29 is 13.9 Å². The molecule has 2 aromatic carbocycles. The molecular formula is C22H24FN3O2. The Morgan fingerprint density at radius 1 is 1.21 bits per heavy atom. The van der Waals surface area contributed by atoms with Crippen LogP contribution in [0.2, 0.25) is 0 Å². The van der Waals surface area contributed by atoms with Gasteiger partial charge in [-0.2, -0.15) is 0 Å². The average molecular weight is 381 g/mol. The molecule has 5 nitrogen and oxygen atoms in total. The van der Waals surface area contributed by atoms with Crippen LogP contribution in [0.5, 0.6) is 0 Å². The molecule has 1 aliphatic rings. The molecule has 1 aromatic heterocycles. The van der Waals surface area contributed by atoms with Crippen molar-refractivity contribution in [3.8, 4) is 0 Å². The molecule has 4 rings (SSSR count). The number of aromatic nitrogens is 1. The summed E-state index contributed by atoms with van der Waals surface area (Å²) < 4.78 is 19.4. The van der Waals surface area contributed by atoms with Gasteiger partial charge in [-0.1, -0.05) is 12.1 Å². The fourth-order valence-electron chi connectivity index (χ4n) is 3.78. The summed E-state index contributed by atoms with van der Waals surface area (Å²) in [7, 11) is 1.76. The molecule has 0 bridgehead atoms. The molecule has 6 heteroatoms. The number of fused-ring (bicyclic) bond motifs is 1. The Bertz CT molecular complexity index is 967. The minimum absolute atomic E-state index is 0.287. The number of aromatic amines is 1. The van der Waals surface area contributed by atoms with Crippen LogP contribution in [0.4, 0.5) is 15.8 Å². The summed E-state index contributed by atoms with van der Waals surface area (Å²) in [5.74, 6) is -0.623. The third-order valence-corrected chi connectivity index (χ3v) is 5.44. The van der Waals surface area contributed by atoms with Gasteiger partial charge >= 0.3 is 0 Å². The molecule has 3 aromatic rings. The minimum Gasteiger partial charge on any atom is -0.381 e. The molecule has 1 saturated heterocycles. The van der Waals surface area contributed by atoms with Crippen LogP contribution in [0, 0.1) is 12.7 Å². The number of hydrogen-bond acceptors (Lipinski definition) is 3. The van der Waals surface area contributed by atoms with Gasteiger partial charge in [0.2, 0.25) is 0 Å². The highest BCUT2D eigenvalue weighted by molar-refractivity contribution is 6.06. The Labute approximate surface area is 163 Å². The van der Waals surface area contributed by atoms with Gasteiger partial charge < -0.3 is 19.9 Å². The summed E-state index contributed by atoms with van der Waals surface area (Å²) in [6.45, 7) is 3.74. The molecule has 28 heavy (non-hydrogen) atoms. The van der Waals surface area contributed by atoms with Crippen LogP contribution in [0.1, 0.15) is 28.9 Å². The first-order chi connectivity index (χ1) is 13.5. The van der Waals surface area contributed by atoms with Gasteiger partial charge in [-0.05, 0) is 55.7 Å². The highest BCUT2D eigenvalue weighted by atomic mass is 19.1. The lowest BCUT2D eigenvalue weighted by Gasteiger charge is -2.33. The zero-order valence-electron chi connectivity index (χ0n) is 16.1. The maximum absolute atomic E-state index is 14.0. The van der Waals surface area contributed by atoms with E-state index in [1.165, 1.54) is 6.07 Å². The number of piperidine rings is 1. The Morgan fingerprint density at radius 2 is 2.00 bits per heavy atom. The van der Waals surface area contributed by atoms with Gasteiger partial charge in [0.05, 0.1) is 11.6 Å². The topological polar surface area (TPSA) is 57.4 Å². The van der Waals surface area contributed by atoms with Gasteiger partial charge in [-0.3, -0.25) is 4.79 Å². The third kappa shape index (κ3) is 3.60. The van der Waals surface area contributed by atoms with E-state index in [0.717, 1.165) is 37.2 Å². The smallest absolute Gasteiger partial charge is 0.272 e. The van der Waals surface area contributed by atoms with Crippen molar-refractivity contribution >= 4 is 28.2 Å². The summed E-state index contributed by atoms with van der Waals surface area (Å²) in [5, 5.41) is 3.34. The standard InChI is InChI=1S/C22H24FN3O2/c1-14-6-7-19(23)18-13-20(25-21(14)18)22(27)24-15-4-3-5-16(12-15)26-10-8-17(28-2)9-11-26/h3-7,12-13,17,25H,8-11H2,1-2H3,(H,24,27). The maximum atomic E-state index is 14.0. The lowest BCUT2D eigenvalue weighted by atomic mass is 10.1. The van der Waals surface area contributed by atoms with Gasteiger partial charge in [0.1, 0.15) is 11.5 Å². The molecule has 2 N–H and O–H groups in total. The average Bonchev–Trinajstić information content (AvgIpc) is 3.18. The van der Waals surface area contributed by atoms with Crippen molar-refractivity contribution in [2.75, 3.05) is 30.4 Å². The molecule has 1 fully saturated rings. The molecule has 0 saturated carbocycles. The van der Waals surface area contributed by atoms with Gasteiger partial charge in [0, 0.05) is 37.0 Å². The maximum Gasteiger partial charge on any atom is 0.272 e. The zero-order valence-corrected chi connectivity index (χ0v) is 16.1. The molecule has 0 radical (unpaired) electrons. The SMILES string of the molecule is COC1CCN(c2cccc(NC(=O)c3cc4c(F)ccc(C)c4[nH]3)c2)CC1. The molecule has 0 unspecified atom stereocenters. The van der Waals surface area contributed by atoms with Crippen LogP contribution in [0.3, 0.4) is 0 Å². The number of aryl methyl sites for hydroxylation is 1. The number of nitrogens with zero attached hydrogens (tertiary/aromatic N) is 1. The second-order valence-electron chi connectivity index (χ2n) is 7.26. The summed E-state index contributed by atoms with van der Waals surface area (Å²) in [5.41, 5.74) is 3.68. The van der Waals surface area contributed by atoms with Crippen molar-refractivity contribution in [1.29, 1.82) is 0 Å². The van der Waals surface area contributed by atoms with E-state index >= 15 is 0 Å². The fourth-order valence-corrected chi connectivity index (χ4v) is 3.78. The summed E-state index contributed by atoms with van der Waals surface area (Å²) in [4.78, 5) is 18.0. The van der Waals surface area contributed by atoms with Gasteiger partial charge in [0.15, 0.2) is 0 Å². The van der Waals surface area contributed by atoms with E-state index in [2.05, 4.69) is 15.2 Å². The molecular weight excluding hydrogens is 357 g/mol. The summed E-state index contributed by atoms with van der Waals surface area (Å²) in [6.07, 6.45) is 2.31. The highest BCUT2D eigenvalue weighted by Crippen LogP contribution is 2.26. The Balaban J connectivity index is 1.51. The first kappa shape index (κ1) is 18.5. The number of benzene rings is 2. The van der Waals surface area contributed by atoms with E-state index in [9.17, 15) is 9.18 Å². The molecule has 2 heterocycles. The normalized spacial score (nSPS) is 15.2. The number of halogens is 1. The van der Waals surface area contributed by atoms with Crippen LogP contribution in [-0.4, -0.2) is 37.2 Å². The number of carbonyl (C=O) groups excluding carboxylic acids is 1. The predicted molar refractivity (Wildman–Crippen MR) is 110 cm³/mol. The van der Waals surface area contributed by atoms with Crippen molar-refractivity contribution in [1.82, 2.24) is 4.98 Å². The number of anilines is 2. The number of ether oxygens (including phenoxy) is 1. The fraction of sp³-hybridized carbons (Fsp3) is 0.318. The molecule has 146 valence electrons. The number of carbonyl (C=O) groups is 1. The van der Waals surface area contributed by atoms with E-state index in [-0.39, 0.29) is 11.7 Å². The van der Waals surface area contributed by atoms with E-state index in [0.29, 0.717) is 28.4 Å². The molecule has 1 aliphatic heterocycles. The number of hydrogen-bond donors (Lipinski definition) is 2. The Morgan fingerprint density at radius 3 is 2.71 bits per heavy atom. The van der Waals surface area contributed by atoms with Gasteiger partial charge in [0.25, 0.3) is 5.91 Å². The second-order valence-corrected chi connectivity index (χ2v) is 7.26. The first-order valence-corrected chi connectivity index (χ1v) is 9.52. The van der Waals surface area contributed by atoms with Crippen LogP contribution < -0.4 is 10.2 Å². The lowest BCUT2D eigenvalue weighted by molar-refractivity contribution is 0.0819. The Hall–Kier alpha value is -2.86. The Kier molecular flexibility index (Phi) is 5.05. The van der Waals surface area contributed by atoms with Crippen LogP contribution in [0.15, 0.2) is 42.5 Å². The number of amides is 1. The molecule has 1 amide bonds. The van der Waals surface area contributed by atoms with Crippen molar-refractivity contribution in [2.24, 2.45) is 0 Å². The van der Waals surface area contributed by atoms with Gasteiger partial charge in [-0.25, -0.2) is 4.39 Å². The van der Waals surface area contributed by atoms with E-state index in [4.69, 9.17) is 4.74 Å². The highest BCUT2D eigenvalue weighted by Gasteiger charge is 2.19. The van der Waals surface area contributed by atoms with Crippen LogP contribution in [0.25, 0.3) is 10.9 Å². The number of rotatable bonds is 4. The van der Waals surface area contributed by atoms with E-state index in [1.807, 2.05) is 31.2 Å². The predicted octanol–water partition coefficient (Wildman–Crippen LogP) is 4.48. The number of nitrogens with one attached hydrogen (secondary N) is 2. The van der Waals surface area contributed by atoms with E-state index < -0.39 is 0 Å². The first-order valence-electron chi connectivity index (χ1n) is 9.52. The molecule has 0 aliphatic carbocycles. The monoisotopic (exact) mass is 381 g/mol. The summed E-state index contributed by atoms with van der Waals surface area (Å²) in [6, 6.07) is 12.5. The van der Waals surface area contributed by atoms with Crippen molar-refractivity contribution in [3.63, 3.8) is 0 Å². The van der Waals surface area contributed by atoms with Crippen molar-refractivity contribution in [2.45, 2.75) is 25.9 Å². The van der Waals surface area contributed by atoms with Crippen molar-refractivity contribution in [3.05, 3.63) is 59.5 Å². The number of methoxy groups -OCH3 is 1. The van der Waals surface area contributed by atoms with Crippen LogP contribution >= 0.6 is 0 Å². The number of H-pyrrole nitrogens is 1. The molecule has 0 atom stereocenters. The third-order valence-electron chi connectivity index (χ3n) is 5.44. The van der Waals surface area contributed by atoms with Gasteiger partial charge in [-0.15, -0.1) is 0 Å². The van der Waals surface area contributed by atoms with Crippen LogP contribution in [-0.2, 0) is 4.74 Å². The van der Waals surface area contributed by atoms with E-state index in [1.54, 1.807) is 19.2 Å². The summed E-state index contributed by atoms with van der Waals surface area (Å²) >= 11 is 0. The quantitative estimate of drug-likeness (QED) is 0.700. The second kappa shape index (κ2) is 7.64. The minimum atomic E-state index is -0.336. The lowest BCUT2D eigenvalue weighted by Crippen LogP contribution is -2.36. The molecule has 0 spiro atoms. The largest absolute Gasteiger partial charge is 0.381 e. The zero-order chi connectivity index (χ0) is 19.7.